The van der Waals surface area contributed by atoms with Crippen LogP contribution in [0.1, 0.15) is 12.8 Å². The number of halogens is 2. The fourth-order valence-electron chi connectivity index (χ4n) is 2.60. The van der Waals surface area contributed by atoms with Crippen molar-refractivity contribution in [2.24, 2.45) is 0 Å². The Morgan fingerprint density at radius 3 is 2.75 bits per heavy atom. The monoisotopic (exact) mass is 338 g/mol. The number of rotatable bonds is 2. The normalized spacial score (nSPS) is 16.9. The highest BCUT2D eigenvalue weighted by atomic mass is 79.9. The highest BCUT2D eigenvalue weighted by molar-refractivity contribution is 9.10. The molecule has 0 radical (unpaired) electrons. The van der Waals surface area contributed by atoms with Crippen molar-refractivity contribution in [1.29, 1.82) is 0 Å². The van der Waals surface area contributed by atoms with E-state index in [1.54, 1.807) is 13.2 Å². The summed E-state index contributed by atoms with van der Waals surface area (Å²) >= 11 is 3.20. The van der Waals surface area contributed by atoms with Gasteiger partial charge in [0.15, 0.2) is 0 Å². The molecule has 106 valence electrons. The van der Waals surface area contributed by atoms with Crippen LogP contribution in [-0.2, 0) is 4.74 Å². The summed E-state index contributed by atoms with van der Waals surface area (Å²) in [6.07, 6.45) is 2.36. The molecule has 3 nitrogen and oxygen atoms in total. The predicted molar refractivity (Wildman–Crippen MR) is 81.6 cm³/mol. The molecule has 1 aromatic carbocycles. The first-order valence-electron chi connectivity index (χ1n) is 6.71. The minimum absolute atomic E-state index is 0.278. The summed E-state index contributed by atoms with van der Waals surface area (Å²) in [7, 11) is 1.76. The molecule has 1 fully saturated rings. The van der Waals surface area contributed by atoms with E-state index in [1.807, 2.05) is 12.1 Å². The molecule has 0 spiro atoms. The molecular weight excluding hydrogens is 323 g/mol. The zero-order valence-electron chi connectivity index (χ0n) is 11.3. The number of aromatic nitrogens is 1. The molecular formula is C15H16BrFN2O. The number of pyridine rings is 1. The smallest absolute Gasteiger partial charge is 0.139 e. The van der Waals surface area contributed by atoms with Gasteiger partial charge in [0.25, 0.3) is 0 Å². The van der Waals surface area contributed by atoms with Crippen molar-refractivity contribution < 1.29 is 9.13 Å². The first-order valence-corrected chi connectivity index (χ1v) is 7.50. The summed E-state index contributed by atoms with van der Waals surface area (Å²) in [5, 5.41) is 0.939. The van der Waals surface area contributed by atoms with Crippen LogP contribution in [-0.4, -0.2) is 31.3 Å². The molecule has 1 aliphatic rings. The summed E-state index contributed by atoms with van der Waals surface area (Å²) < 4.78 is 19.4. The van der Waals surface area contributed by atoms with Crippen molar-refractivity contribution in [3.8, 4) is 0 Å². The lowest BCUT2D eigenvalue weighted by molar-refractivity contribution is 0.0818. The maximum atomic E-state index is 13.6. The van der Waals surface area contributed by atoms with Gasteiger partial charge in [-0.1, -0.05) is 0 Å². The van der Waals surface area contributed by atoms with Gasteiger partial charge < -0.3 is 9.64 Å². The Balaban J connectivity index is 1.88. The number of hydrogen-bond acceptors (Lipinski definition) is 3. The van der Waals surface area contributed by atoms with Crippen LogP contribution in [0.25, 0.3) is 10.9 Å². The Morgan fingerprint density at radius 1 is 1.30 bits per heavy atom. The van der Waals surface area contributed by atoms with Crippen LogP contribution in [0.5, 0.6) is 0 Å². The van der Waals surface area contributed by atoms with Crippen molar-refractivity contribution in [3.05, 3.63) is 34.6 Å². The average Bonchev–Trinajstić information content (AvgIpc) is 2.48. The lowest BCUT2D eigenvalue weighted by atomic mass is 10.1. The van der Waals surface area contributed by atoms with E-state index in [1.165, 1.54) is 6.07 Å². The number of ether oxygens (including phenoxy) is 1. The molecule has 0 bridgehead atoms. The molecule has 1 aliphatic heterocycles. The second-order valence-electron chi connectivity index (χ2n) is 5.05. The van der Waals surface area contributed by atoms with Gasteiger partial charge in [-0.05, 0) is 47.0 Å². The lowest BCUT2D eigenvalue weighted by Crippen LogP contribution is -2.37. The van der Waals surface area contributed by atoms with Crippen LogP contribution in [0.2, 0.25) is 0 Å². The summed E-state index contributed by atoms with van der Waals surface area (Å²) in [5.74, 6) is 0.633. The molecule has 2 aromatic rings. The van der Waals surface area contributed by atoms with Gasteiger partial charge in [0.2, 0.25) is 0 Å². The van der Waals surface area contributed by atoms with Gasteiger partial charge in [-0.25, -0.2) is 9.37 Å². The number of nitrogens with zero attached hydrogens (tertiary/aromatic N) is 2. The zero-order chi connectivity index (χ0) is 14.1. The number of methoxy groups -OCH3 is 1. The number of benzene rings is 1. The van der Waals surface area contributed by atoms with Crippen LogP contribution in [0, 0.1) is 5.82 Å². The third-order valence-corrected chi connectivity index (χ3v) is 4.42. The second kappa shape index (κ2) is 5.66. The molecule has 20 heavy (non-hydrogen) atoms. The molecule has 0 N–H and O–H groups in total. The third kappa shape index (κ3) is 2.65. The quantitative estimate of drug-likeness (QED) is 0.833. The minimum atomic E-state index is -0.278. The summed E-state index contributed by atoms with van der Waals surface area (Å²) in [6.45, 7) is 1.85. The number of fused-ring (bicyclic) bond motifs is 1. The molecule has 1 aromatic heterocycles. The lowest BCUT2D eigenvalue weighted by Gasteiger charge is -2.32. The van der Waals surface area contributed by atoms with E-state index in [9.17, 15) is 4.39 Å². The van der Waals surface area contributed by atoms with Gasteiger partial charge in [0.05, 0.1) is 16.1 Å². The molecule has 5 heteroatoms. The van der Waals surface area contributed by atoms with Crippen molar-refractivity contribution >= 4 is 32.7 Å². The van der Waals surface area contributed by atoms with Crippen LogP contribution in [0.4, 0.5) is 10.2 Å². The van der Waals surface area contributed by atoms with Gasteiger partial charge in [-0.2, -0.15) is 0 Å². The molecule has 0 saturated carbocycles. The molecule has 0 unspecified atom stereocenters. The molecule has 0 aliphatic carbocycles. The van der Waals surface area contributed by atoms with Crippen molar-refractivity contribution in [1.82, 2.24) is 4.98 Å². The molecule has 2 heterocycles. The first-order chi connectivity index (χ1) is 9.67. The summed E-state index contributed by atoms with van der Waals surface area (Å²) in [5.41, 5.74) is 0.692. The van der Waals surface area contributed by atoms with E-state index >= 15 is 0 Å². The maximum Gasteiger partial charge on any atom is 0.139 e. The largest absolute Gasteiger partial charge is 0.381 e. The summed E-state index contributed by atoms with van der Waals surface area (Å²) in [6, 6.07) is 7.23. The van der Waals surface area contributed by atoms with Crippen LogP contribution >= 0.6 is 15.9 Å². The fourth-order valence-corrected chi connectivity index (χ4v) is 2.96. The number of hydrogen-bond donors (Lipinski definition) is 0. The van der Waals surface area contributed by atoms with Crippen LogP contribution in [0.15, 0.2) is 28.7 Å². The highest BCUT2D eigenvalue weighted by Gasteiger charge is 2.19. The molecule has 3 rings (SSSR count). The Kier molecular flexibility index (Phi) is 3.89. The molecule has 0 atom stereocenters. The van der Waals surface area contributed by atoms with Crippen LogP contribution < -0.4 is 4.90 Å². The standard InChI is InChI=1S/C15H16BrFN2O/c1-20-11-4-6-19(7-5-11)15-3-2-10-8-12(16)13(17)9-14(10)18-15/h2-3,8-9,11H,4-7H2,1H3. The second-order valence-corrected chi connectivity index (χ2v) is 5.90. The van der Waals surface area contributed by atoms with Crippen molar-refractivity contribution in [2.45, 2.75) is 18.9 Å². The van der Waals surface area contributed by atoms with E-state index < -0.39 is 0 Å². The zero-order valence-corrected chi connectivity index (χ0v) is 12.9. The maximum absolute atomic E-state index is 13.6. The summed E-state index contributed by atoms with van der Waals surface area (Å²) in [4.78, 5) is 6.81. The fraction of sp³-hybridized carbons (Fsp3) is 0.400. The van der Waals surface area contributed by atoms with E-state index in [4.69, 9.17) is 4.74 Å². The minimum Gasteiger partial charge on any atom is -0.381 e. The number of anilines is 1. The van der Waals surface area contributed by atoms with Crippen molar-refractivity contribution in [2.75, 3.05) is 25.1 Å². The average molecular weight is 339 g/mol. The molecule has 0 amide bonds. The van der Waals surface area contributed by atoms with Gasteiger partial charge in [0, 0.05) is 31.7 Å². The predicted octanol–water partition coefficient (Wildman–Crippen LogP) is 3.75. The third-order valence-electron chi connectivity index (χ3n) is 3.82. The van der Waals surface area contributed by atoms with Crippen LogP contribution in [0.3, 0.4) is 0 Å². The SMILES string of the molecule is COC1CCN(c2ccc3cc(Br)c(F)cc3n2)CC1. The Labute approximate surface area is 125 Å². The topological polar surface area (TPSA) is 25.4 Å². The van der Waals surface area contributed by atoms with E-state index in [-0.39, 0.29) is 5.82 Å². The van der Waals surface area contributed by atoms with E-state index in [0.29, 0.717) is 16.1 Å². The van der Waals surface area contributed by atoms with Gasteiger partial charge in [-0.3, -0.25) is 0 Å². The van der Waals surface area contributed by atoms with E-state index in [0.717, 1.165) is 37.1 Å². The first kappa shape index (κ1) is 13.8. The van der Waals surface area contributed by atoms with Crippen molar-refractivity contribution in [3.63, 3.8) is 0 Å². The van der Waals surface area contributed by atoms with E-state index in [2.05, 4.69) is 25.8 Å². The highest BCUT2D eigenvalue weighted by Crippen LogP contribution is 2.26. The molecule has 1 saturated heterocycles. The van der Waals surface area contributed by atoms with Gasteiger partial charge >= 0.3 is 0 Å². The van der Waals surface area contributed by atoms with Gasteiger partial charge in [-0.15, -0.1) is 0 Å². The number of piperidine rings is 1. The van der Waals surface area contributed by atoms with Gasteiger partial charge in [0.1, 0.15) is 11.6 Å². The Morgan fingerprint density at radius 2 is 2.05 bits per heavy atom. The Hall–Kier alpha value is -1.20. The Bertz CT molecular complexity index is 627.